The highest BCUT2D eigenvalue weighted by Gasteiger charge is 2.35. The highest BCUT2D eigenvalue weighted by atomic mass is 19.1. The van der Waals surface area contributed by atoms with Gasteiger partial charge in [-0.25, -0.2) is 4.39 Å². The number of carbonyl (C=O) groups excluding carboxylic acids is 1. The third kappa shape index (κ3) is 2.35. The summed E-state index contributed by atoms with van der Waals surface area (Å²) < 4.78 is 19.5. The number of nitrogens with one attached hydrogen (secondary N) is 1. The Labute approximate surface area is 104 Å². The van der Waals surface area contributed by atoms with Crippen molar-refractivity contribution in [3.8, 4) is 0 Å². The third-order valence-corrected chi connectivity index (χ3v) is 3.04. The van der Waals surface area contributed by atoms with E-state index in [1.165, 1.54) is 18.2 Å². The van der Waals surface area contributed by atoms with E-state index in [2.05, 4.69) is 5.32 Å². The van der Waals surface area contributed by atoms with Gasteiger partial charge >= 0.3 is 0 Å². The van der Waals surface area contributed by atoms with Crippen LogP contribution in [0.25, 0.3) is 0 Å². The van der Waals surface area contributed by atoms with Gasteiger partial charge in [0.25, 0.3) is 0 Å². The van der Waals surface area contributed by atoms with Crippen molar-refractivity contribution in [2.75, 3.05) is 13.1 Å². The zero-order valence-corrected chi connectivity index (χ0v) is 10.1. The Kier molecular flexibility index (Phi) is 3.34. The smallest absolute Gasteiger partial charge is 0.248 e. The van der Waals surface area contributed by atoms with Crippen LogP contribution in [0.2, 0.25) is 0 Å². The molecule has 5 nitrogen and oxygen atoms in total. The molecule has 0 bridgehead atoms. The molecule has 6 heteroatoms. The largest absolute Gasteiger partial charge is 0.366 e. The minimum atomic E-state index is -0.910. The van der Waals surface area contributed by atoms with Crippen LogP contribution in [0.15, 0.2) is 18.2 Å². The monoisotopic (exact) mass is 253 g/mol. The van der Waals surface area contributed by atoms with Gasteiger partial charge in [0.05, 0.1) is 0 Å². The fourth-order valence-electron chi connectivity index (χ4n) is 2.11. The van der Waals surface area contributed by atoms with E-state index in [0.29, 0.717) is 13.1 Å². The van der Waals surface area contributed by atoms with Gasteiger partial charge in [0.15, 0.2) is 0 Å². The van der Waals surface area contributed by atoms with Crippen LogP contribution >= 0.6 is 0 Å². The molecule has 0 saturated carbocycles. The average Bonchev–Trinajstić information content (AvgIpc) is 2.28. The lowest BCUT2D eigenvalue weighted by Gasteiger charge is -2.38. The first-order valence-corrected chi connectivity index (χ1v) is 5.66. The van der Waals surface area contributed by atoms with Crippen molar-refractivity contribution in [3.05, 3.63) is 35.1 Å². The molecule has 1 aliphatic rings. The van der Waals surface area contributed by atoms with Crippen LogP contribution < -0.4 is 16.8 Å². The molecule has 1 fully saturated rings. The molecular weight excluding hydrogens is 237 g/mol. The number of hydrogen-bond acceptors (Lipinski definition) is 4. The first-order chi connectivity index (χ1) is 8.42. The van der Waals surface area contributed by atoms with Crippen molar-refractivity contribution in [1.82, 2.24) is 5.32 Å². The van der Waals surface area contributed by atoms with E-state index >= 15 is 0 Å². The van der Waals surface area contributed by atoms with Gasteiger partial charge in [0, 0.05) is 24.2 Å². The van der Waals surface area contributed by atoms with Gasteiger partial charge in [-0.2, -0.15) is 0 Å². The first kappa shape index (κ1) is 12.9. The number of hydrogen-bond donors (Lipinski definition) is 3. The molecule has 2 atom stereocenters. The van der Waals surface area contributed by atoms with Crippen LogP contribution in [-0.2, 0) is 10.3 Å². The second-order valence-electron chi connectivity index (χ2n) is 4.58. The molecule has 98 valence electrons. The quantitative estimate of drug-likeness (QED) is 0.694. The van der Waals surface area contributed by atoms with Gasteiger partial charge in [0.1, 0.15) is 17.6 Å². The molecule has 1 aliphatic heterocycles. The number of halogens is 1. The Morgan fingerprint density at radius 2 is 2.33 bits per heavy atom. The van der Waals surface area contributed by atoms with E-state index in [1.807, 2.05) is 0 Å². The Morgan fingerprint density at radius 1 is 1.61 bits per heavy atom. The Hall–Kier alpha value is -1.50. The highest BCUT2D eigenvalue weighted by Crippen LogP contribution is 2.30. The summed E-state index contributed by atoms with van der Waals surface area (Å²) in [5.41, 5.74) is 10.5. The summed E-state index contributed by atoms with van der Waals surface area (Å²) in [6.45, 7) is 2.65. The summed E-state index contributed by atoms with van der Waals surface area (Å²) >= 11 is 0. The summed E-state index contributed by atoms with van der Waals surface area (Å²) in [5.74, 6) is -1.05. The van der Waals surface area contributed by atoms with Crippen LogP contribution in [0.5, 0.6) is 0 Å². The van der Waals surface area contributed by atoms with Gasteiger partial charge < -0.3 is 21.5 Å². The zero-order chi connectivity index (χ0) is 13.3. The van der Waals surface area contributed by atoms with E-state index in [-0.39, 0.29) is 11.1 Å². The molecule has 1 aromatic rings. The predicted molar refractivity (Wildman–Crippen MR) is 64.2 cm³/mol. The lowest BCUT2D eigenvalue weighted by Crippen LogP contribution is -2.53. The fourth-order valence-corrected chi connectivity index (χ4v) is 2.11. The molecule has 2 unspecified atom stereocenters. The second kappa shape index (κ2) is 4.64. The Bertz CT molecular complexity index is 480. The zero-order valence-electron chi connectivity index (χ0n) is 10.1. The lowest BCUT2D eigenvalue weighted by atomic mass is 9.92. The minimum Gasteiger partial charge on any atom is -0.366 e. The summed E-state index contributed by atoms with van der Waals surface area (Å²) in [6, 6.07) is 3.97. The lowest BCUT2D eigenvalue weighted by molar-refractivity contribution is -0.109. The van der Waals surface area contributed by atoms with Crippen molar-refractivity contribution in [1.29, 1.82) is 0 Å². The third-order valence-electron chi connectivity index (χ3n) is 3.04. The summed E-state index contributed by atoms with van der Waals surface area (Å²) in [6.07, 6.45) is -0.514. The van der Waals surface area contributed by atoms with E-state index in [0.717, 1.165) is 0 Å². The van der Waals surface area contributed by atoms with Gasteiger partial charge in [-0.15, -0.1) is 0 Å². The van der Waals surface area contributed by atoms with Crippen molar-refractivity contribution in [3.63, 3.8) is 0 Å². The normalized spacial score (nSPS) is 28.1. The van der Waals surface area contributed by atoms with Gasteiger partial charge in [-0.05, 0) is 25.1 Å². The first-order valence-electron chi connectivity index (χ1n) is 5.66. The molecule has 18 heavy (non-hydrogen) atoms. The van der Waals surface area contributed by atoms with Crippen molar-refractivity contribution < 1.29 is 13.9 Å². The molecule has 0 aromatic heterocycles. The Morgan fingerprint density at radius 3 is 2.94 bits per heavy atom. The number of benzene rings is 1. The maximum Gasteiger partial charge on any atom is 0.248 e. The molecule has 1 amide bonds. The molecule has 1 aromatic carbocycles. The summed E-state index contributed by atoms with van der Waals surface area (Å²) in [5, 5.41) is 3.07. The van der Waals surface area contributed by atoms with Crippen molar-refractivity contribution in [2.24, 2.45) is 11.5 Å². The van der Waals surface area contributed by atoms with E-state index in [4.69, 9.17) is 16.2 Å². The molecule has 0 radical (unpaired) electrons. The average molecular weight is 253 g/mol. The van der Waals surface area contributed by atoms with Crippen LogP contribution in [0.3, 0.4) is 0 Å². The number of amides is 1. The standard InChI is InChI=1S/C12H16FN3O2/c1-12(6-16-5-10(14)18-12)8-4-7(11(15)17)2-3-9(8)13/h2-4,10,16H,5-6,14H2,1H3,(H2,15,17). The van der Waals surface area contributed by atoms with Crippen LogP contribution in [0, 0.1) is 5.82 Å². The number of primary amides is 1. The SMILES string of the molecule is CC1(c2cc(C(N)=O)ccc2F)CNCC(N)O1. The maximum absolute atomic E-state index is 13.9. The number of ether oxygens (including phenoxy) is 1. The molecule has 1 saturated heterocycles. The van der Waals surface area contributed by atoms with Crippen LogP contribution in [0.1, 0.15) is 22.8 Å². The molecule has 0 aliphatic carbocycles. The topological polar surface area (TPSA) is 90.4 Å². The summed E-state index contributed by atoms with van der Waals surface area (Å²) in [7, 11) is 0. The van der Waals surface area contributed by atoms with Gasteiger partial charge in [-0.1, -0.05) is 0 Å². The number of carbonyl (C=O) groups is 1. The molecule has 1 heterocycles. The van der Waals surface area contributed by atoms with E-state index in [9.17, 15) is 9.18 Å². The van der Waals surface area contributed by atoms with Crippen molar-refractivity contribution >= 4 is 5.91 Å². The van der Waals surface area contributed by atoms with Gasteiger partial charge in [-0.3, -0.25) is 4.79 Å². The predicted octanol–water partition coefficient (Wildman–Crippen LogP) is 0.0444. The Balaban J connectivity index is 2.42. The van der Waals surface area contributed by atoms with Crippen LogP contribution in [-0.4, -0.2) is 25.2 Å². The van der Waals surface area contributed by atoms with E-state index in [1.54, 1.807) is 6.92 Å². The number of morpholine rings is 1. The fraction of sp³-hybridized carbons (Fsp3) is 0.417. The second-order valence-corrected chi connectivity index (χ2v) is 4.58. The maximum atomic E-state index is 13.9. The molecule has 2 rings (SSSR count). The van der Waals surface area contributed by atoms with Crippen molar-refractivity contribution in [2.45, 2.75) is 18.8 Å². The molecule has 0 spiro atoms. The minimum absolute atomic E-state index is 0.246. The summed E-state index contributed by atoms with van der Waals surface area (Å²) in [4.78, 5) is 11.1. The number of rotatable bonds is 2. The highest BCUT2D eigenvalue weighted by molar-refractivity contribution is 5.92. The van der Waals surface area contributed by atoms with E-state index < -0.39 is 23.6 Å². The number of nitrogens with two attached hydrogens (primary N) is 2. The molecule has 5 N–H and O–H groups in total. The van der Waals surface area contributed by atoms with Crippen LogP contribution in [0.4, 0.5) is 4.39 Å². The van der Waals surface area contributed by atoms with Gasteiger partial charge in [0.2, 0.25) is 5.91 Å². The molecular formula is C12H16FN3O2.